The molecule has 0 aromatic carbocycles. The molecule has 1 aliphatic carbocycles. The fourth-order valence-corrected chi connectivity index (χ4v) is 2.47. The van der Waals surface area contributed by atoms with Crippen molar-refractivity contribution in [1.82, 2.24) is 5.32 Å². The maximum absolute atomic E-state index is 3.76. The lowest BCUT2D eigenvalue weighted by Crippen LogP contribution is -2.42. The highest BCUT2D eigenvalue weighted by atomic mass is 14.9. The highest BCUT2D eigenvalue weighted by molar-refractivity contribution is 4.83. The van der Waals surface area contributed by atoms with E-state index in [0.717, 1.165) is 17.9 Å². The quantitative estimate of drug-likeness (QED) is 0.671. The Kier molecular flexibility index (Phi) is 5.66. The molecule has 1 rings (SSSR count). The summed E-state index contributed by atoms with van der Waals surface area (Å²) >= 11 is 0. The van der Waals surface area contributed by atoms with Crippen LogP contribution in [-0.4, -0.2) is 12.1 Å². The minimum absolute atomic E-state index is 0.648. The Morgan fingerprint density at radius 2 is 1.73 bits per heavy atom. The van der Waals surface area contributed by atoms with Gasteiger partial charge in [-0.3, -0.25) is 0 Å². The second kappa shape index (κ2) is 6.52. The molecule has 1 nitrogen and oxygen atoms in total. The highest BCUT2D eigenvalue weighted by Crippen LogP contribution is 2.32. The molecule has 90 valence electrons. The summed E-state index contributed by atoms with van der Waals surface area (Å²) in [6.07, 6.45) is 8.58. The SMILES string of the molecule is CC(C)CCC[C@H](NC(C)C)C1CCC1. The van der Waals surface area contributed by atoms with Crippen LogP contribution < -0.4 is 5.32 Å². The van der Waals surface area contributed by atoms with Gasteiger partial charge >= 0.3 is 0 Å². The number of hydrogen-bond donors (Lipinski definition) is 1. The zero-order chi connectivity index (χ0) is 11.3. The molecule has 1 atom stereocenters. The maximum Gasteiger partial charge on any atom is 0.00976 e. The summed E-state index contributed by atoms with van der Waals surface area (Å²) in [4.78, 5) is 0. The molecule has 1 aliphatic rings. The van der Waals surface area contributed by atoms with Gasteiger partial charge in [-0.2, -0.15) is 0 Å². The van der Waals surface area contributed by atoms with Crippen LogP contribution in [0.4, 0.5) is 0 Å². The van der Waals surface area contributed by atoms with Gasteiger partial charge in [0.1, 0.15) is 0 Å². The summed E-state index contributed by atoms with van der Waals surface area (Å²) in [5, 5.41) is 3.76. The van der Waals surface area contributed by atoms with Crippen molar-refractivity contribution in [3.63, 3.8) is 0 Å². The normalized spacial score (nSPS) is 19.6. The molecule has 1 heteroatoms. The molecule has 0 aromatic heterocycles. The van der Waals surface area contributed by atoms with Crippen LogP contribution in [-0.2, 0) is 0 Å². The van der Waals surface area contributed by atoms with E-state index in [-0.39, 0.29) is 0 Å². The molecule has 0 amide bonds. The molecular weight excluding hydrogens is 182 g/mol. The summed E-state index contributed by atoms with van der Waals surface area (Å²) in [5.74, 6) is 1.85. The second-order valence-corrected chi connectivity index (χ2v) is 5.94. The summed E-state index contributed by atoms with van der Waals surface area (Å²) in [6, 6.07) is 1.45. The standard InChI is InChI=1S/C14H29N/c1-11(2)7-5-10-14(15-12(3)4)13-8-6-9-13/h11-15H,5-10H2,1-4H3/t14-/m0/s1. The van der Waals surface area contributed by atoms with Gasteiger partial charge in [-0.25, -0.2) is 0 Å². The first-order valence-electron chi connectivity index (χ1n) is 6.85. The van der Waals surface area contributed by atoms with Gasteiger partial charge in [-0.05, 0) is 31.1 Å². The minimum Gasteiger partial charge on any atom is -0.312 e. The van der Waals surface area contributed by atoms with Crippen molar-refractivity contribution in [3.8, 4) is 0 Å². The Morgan fingerprint density at radius 3 is 2.13 bits per heavy atom. The zero-order valence-electron chi connectivity index (χ0n) is 11.1. The van der Waals surface area contributed by atoms with Crippen molar-refractivity contribution in [3.05, 3.63) is 0 Å². The first-order chi connectivity index (χ1) is 7.09. The van der Waals surface area contributed by atoms with E-state index in [4.69, 9.17) is 0 Å². The van der Waals surface area contributed by atoms with E-state index < -0.39 is 0 Å². The molecule has 0 aromatic rings. The van der Waals surface area contributed by atoms with Crippen LogP contribution >= 0.6 is 0 Å². The topological polar surface area (TPSA) is 12.0 Å². The van der Waals surface area contributed by atoms with Gasteiger partial charge in [0.2, 0.25) is 0 Å². The van der Waals surface area contributed by atoms with Crippen LogP contribution in [0.15, 0.2) is 0 Å². The van der Waals surface area contributed by atoms with E-state index in [1.165, 1.54) is 38.5 Å². The lowest BCUT2D eigenvalue weighted by molar-refractivity contribution is 0.205. The Hall–Kier alpha value is -0.0400. The monoisotopic (exact) mass is 211 g/mol. The van der Waals surface area contributed by atoms with E-state index in [0.29, 0.717) is 6.04 Å². The van der Waals surface area contributed by atoms with Crippen molar-refractivity contribution in [2.75, 3.05) is 0 Å². The van der Waals surface area contributed by atoms with Crippen LogP contribution in [0.2, 0.25) is 0 Å². The van der Waals surface area contributed by atoms with Crippen molar-refractivity contribution < 1.29 is 0 Å². The Balaban J connectivity index is 2.22. The minimum atomic E-state index is 0.648. The van der Waals surface area contributed by atoms with E-state index in [1.807, 2.05) is 0 Å². The van der Waals surface area contributed by atoms with Gasteiger partial charge in [0, 0.05) is 12.1 Å². The lowest BCUT2D eigenvalue weighted by atomic mass is 9.77. The average Bonchev–Trinajstić information content (AvgIpc) is 1.98. The molecule has 0 bridgehead atoms. The van der Waals surface area contributed by atoms with E-state index in [2.05, 4.69) is 33.0 Å². The molecule has 1 saturated carbocycles. The third-order valence-corrected chi connectivity index (χ3v) is 3.56. The van der Waals surface area contributed by atoms with Gasteiger partial charge in [0.05, 0.1) is 0 Å². The third-order valence-electron chi connectivity index (χ3n) is 3.56. The van der Waals surface area contributed by atoms with E-state index in [1.54, 1.807) is 0 Å². The predicted molar refractivity (Wildman–Crippen MR) is 68.1 cm³/mol. The average molecular weight is 211 g/mol. The summed E-state index contributed by atoms with van der Waals surface area (Å²) in [5.41, 5.74) is 0. The van der Waals surface area contributed by atoms with Crippen LogP contribution in [0.25, 0.3) is 0 Å². The van der Waals surface area contributed by atoms with Gasteiger partial charge < -0.3 is 5.32 Å². The van der Waals surface area contributed by atoms with Crippen LogP contribution in [0, 0.1) is 11.8 Å². The first-order valence-corrected chi connectivity index (χ1v) is 6.85. The van der Waals surface area contributed by atoms with Gasteiger partial charge in [0.15, 0.2) is 0 Å². The molecular formula is C14H29N. The molecule has 0 heterocycles. The van der Waals surface area contributed by atoms with Crippen LogP contribution in [0.3, 0.4) is 0 Å². The summed E-state index contributed by atoms with van der Waals surface area (Å²) < 4.78 is 0. The summed E-state index contributed by atoms with van der Waals surface area (Å²) in [6.45, 7) is 9.20. The molecule has 0 unspecified atom stereocenters. The van der Waals surface area contributed by atoms with Crippen molar-refractivity contribution in [2.45, 2.75) is 78.3 Å². The number of rotatable bonds is 7. The fourth-order valence-electron chi connectivity index (χ4n) is 2.47. The van der Waals surface area contributed by atoms with Gasteiger partial charge in [0.25, 0.3) is 0 Å². The molecule has 0 radical (unpaired) electrons. The molecule has 0 saturated heterocycles. The molecule has 0 spiro atoms. The van der Waals surface area contributed by atoms with Gasteiger partial charge in [-0.15, -0.1) is 0 Å². The first kappa shape index (κ1) is 13.0. The van der Waals surface area contributed by atoms with Crippen LogP contribution in [0.1, 0.15) is 66.2 Å². The van der Waals surface area contributed by atoms with E-state index in [9.17, 15) is 0 Å². The third kappa shape index (κ3) is 5.01. The molecule has 0 aliphatic heterocycles. The smallest absolute Gasteiger partial charge is 0.00976 e. The van der Waals surface area contributed by atoms with Gasteiger partial charge in [-0.1, -0.05) is 47.0 Å². The largest absolute Gasteiger partial charge is 0.312 e. The summed E-state index contributed by atoms with van der Waals surface area (Å²) in [7, 11) is 0. The van der Waals surface area contributed by atoms with E-state index >= 15 is 0 Å². The van der Waals surface area contributed by atoms with Crippen molar-refractivity contribution >= 4 is 0 Å². The fraction of sp³-hybridized carbons (Fsp3) is 1.00. The van der Waals surface area contributed by atoms with Crippen molar-refractivity contribution in [1.29, 1.82) is 0 Å². The Morgan fingerprint density at radius 1 is 1.07 bits per heavy atom. The molecule has 1 N–H and O–H groups in total. The molecule has 15 heavy (non-hydrogen) atoms. The van der Waals surface area contributed by atoms with Crippen molar-refractivity contribution in [2.24, 2.45) is 11.8 Å². The van der Waals surface area contributed by atoms with Crippen LogP contribution in [0.5, 0.6) is 0 Å². The Labute approximate surface area is 96.0 Å². The lowest BCUT2D eigenvalue weighted by Gasteiger charge is -2.36. The number of nitrogens with one attached hydrogen (secondary N) is 1. The Bertz CT molecular complexity index is 159. The number of hydrogen-bond acceptors (Lipinski definition) is 1. The predicted octanol–water partition coefficient (Wildman–Crippen LogP) is 3.98. The highest BCUT2D eigenvalue weighted by Gasteiger charge is 2.26. The zero-order valence-corrected chi connectivity index (χ0v) is 11.1. The second-order valence-electron chi connectivity index (χ2n) is 5.94. The molecule has 1 fully saturated rings. The maximum atomic E-state index is 3.76.